The summed E-state index contributed by atoms with van der Waals surface area (Å²) < 4.78 is 33.7. The Hall–Kier alpha value is -1.64. The maximum absolute atomic E-state index is 12.6. The summed E-state index contributed by atoms with van der Waals surface area (Å²) in [7, 11) is -3.52. The van der Waals surface area contributed by atoms with Crippen molar-refractivity contribution in [3.05, 3.63) is 35.8 Å². The highest BCUT2D eigenvalue weighted by Crippen LogP contribution is 2.23. The van der Waals surface area contributed by atoms with Gasteiger partial charge in [0.1, 0.15) is 5.75 Å². The molecule has 2 aromatic rings. The lowest BCUT2D eigenvalue weighted by atomic mass is 10.1. The van der Waals surface area contributed by atoms with Gasteiger partial charge in [0.15, 0.2) is 5.13 Å². The third-order valence-corrected chi connectivity index (χ3v) is 6.59. The monoisotopic (exact) mass is 395 g/mol. The van der Waals surface area contributed by atoms with Crippen LogP contribution in [0.4, 0.5) is 5.13 Å². The van der Waals surface area contributed by atoms with Crippen molar-refractivity contribution in [3.8, 4) is 5.75 Å². The first-order valence-corrected chi connectivity index (χ1v) is 11.2. The quantitative estimate of drug-likeness (QED) is 0.780. The van der Waals surface area contributed by atoms with E-state index in [2.05, 4.69) is 28.5 Å². The number of benzene rings is 1. The van der Waals surface area contributed by atoms with Crippen LogP contribution < -0.4 is 14.4 Å². The van der Waals surface area contributed by atoms with Crippen molar-refractivity contribution >= 4 is 26.5 Å². The number of thiazole rings is 1. The molecule has 1 fully saturated rings. The van der Waals surface area contributed by atoms with Crippen LogP contribution in [0.2, 0.25) is 0 Å². The van der Waals surface area contributed by atoms with Crippen molar-refractivity contribution in [2.45, 2.75) is 37.6 Å². The zero-order valence-electron chi connectivity index (χ0n) is 15.1. The van der Waals surface area contributed by atoms with Gasteiger partial charge in [0.05, 0.1) is 11.5 Å². The Morgan fingerprint density at radius 3 is 2.54 bits per heavy atom. The summed E-state index contributed by atoms with van der Waals surface area (Å²) in [5.74, 6) is 1.12. The van der Waals surface area contributed by atoms with E-state index in [0.29, 0.717) is 18.3 Å². The van der Waals surface area contributed by atoms with Crippen molar-refractivity contribution in [2.75, 3.05) is 24.6 Å². The molecule has 1 aliphatic rings. The molecule has 0 atom stereocenters. The Kier molecular flexibility index (Phi) is 6.16. The molecule has 8 heteroatoms. The summed E-state index contributed by atoms with van der Waals surface area (Å²) in [6.07, 6.45) is 3.34. The molecule has 26 heavy (non-hydrogen) atoms. The Morgan fingerprint density at radius 1 is 1.27 bits per heavy atom. The second-order valence-corrected chi connectivity index (χ2v) is 9.46. The van der Waals surface area contributed by atoms with Gasteiger partial charge in [0.25, 0.3) is 0 Å². The van der Waals surface area contributed by atoms with E-state index in [1.165, 1.54) is 0 Å². The fourth-order valence-corrected chi connectivity index (χ4v) is 4.83. The van der Waals surface area contributed by atoms with Crippen LogP contribution >= 0.6 is 11.3 Å². The SMILES string of the molecule is CC(C)COc1ccc(S(=O)(=O)NC2CCN(c3nccs3)CC2)cc1. The van der Waals surface area contributed by atoms with Gasteiger partial charge in [0, 0.05) is 30.7 Å². The van der Waals surface area contributed by atoms with Crippen LogP contribution in [-0.2, 0) is 10.0 Å². The van der Waals surface area contributed by atoms with Crippen LogP contribution in [0.25, 0.3) is 0 Å². The molecule has 0 amide bonds. The number of ether oxygens (including phenoxy) is 1. The fraction of sp³-hybridized carbons (Fsp3) is 0.500. The smallest absolute Gasteiger partial charge is 0.240 e. The average molecular weight is 396 g/mol. The first-order valence-electron chi connectivity index (χ1n) is 8.83. The number of nitrogens with zero attached hydrogens (tertiary/aromatic N) is 2. The molecular weight excluding hydrogens is 370 g/mol. The Morgan fingerprint density at radius 2 is 1.96 bits per heavy atom. The summed E-state index contributed by atoms with van der Waals surface area (Å²) in [6, 6.07) is 6.57. The minimum atomic E-state index is -3.52. The molecule has 6 nitrogen and oxygen atoms in total. The van der Waals surface area contributed by atoms with E-state index in [9.17, 15) is 8.42 Å². The van der Waals surface area contributed by atoms with E-state index >= 15 is 0 Å². The van der Waals surface area contributed by atoms with Gasteiger partial charge < -0.3 is 9.64 Å². The predicted octanol–water partition coefficient (Wildman–Crippen LogP) is 3.13. The lowest BCUT2D eigenvalue weighted by Crippen LogP contribution is -2.44. The molecular formula is C18H25N3O3S2. The molecule has 3 rings (SSSR count). The minimum Gasteiger partial charge on any atom is -0.493 e. The van der Waals surface area contributed by atoms with Crippen LogP contribution in [-0.4, -0.2) is 39.1 Å². The first-order chi connectivity index (χ1) is 12.4. The molecule has 1 aliphatic heterocycles. The van der Waals surface area contributed by atoms with Crippen molar-refractivity contribution in [2.24, 2.45) is 5.92 Å². The highest BCUT2D eigenvalue weighted by Gasteiger charge is 2.25. The van der Waals surface area contributed by atoms with E-state index in [4.69, 9.17) is 4.74 Å². The summed E-state index contributed by atoms with van der Waals surface area (Å²) in [4.78, 5) is 6.79. The maximum atomic E-state index is 12.6. The fourth-order valence-electron chi connectivity index (χ4n) is 2.83. The molecule has 0 bridgehead atoms. The van der Waals surface area contributed by atoms with Crippen LogP contribution in [0.15, 0.2) is 40.7 Å². The molecule has 1 N–H and O–H groups in total. The number of aromatic nitrogens is 1. The molecule has 1 saturated heterocycles. The van der Waals surface area contributed by atoms with Crippen molar-refractivity contribution in [1.29, 1.82) is 0 Å². The van der Waals surface area contributed by atoms with Gasteiger partial charge in [-0.2, -0.15) is 0 Å². The van der Waals surface area contributed by atoms with Gasteiger partial charge >= 0.3 is 0 Å². The maximum Gasteiger partial charge on any atom is 0.240 e. The topological polar surface area (TPSA) is 71.5 Å². The zero-order valence-corrected chi connectivity index (χ0v) is 16.7. The highest BCUT2D eigenvalue weighted by molar-refractivity contribution is 7.89. The third-order valence-electron chi connectivity index (χ3n) is 4.22. The van der Waals surface area contributed by atoms with Gasteiger partial charge in [0.2, 0.25) is 10.0 Å². The second-order valence-electron chi connectivity index (χ2n) is 6.87. The zero-order chi connectivity index (χ0) is 18.6. The van der Waals surface area contributed by atoms with E-state index in [1.807, 2.05) is 5.38 Å². The van der Waals surface area contributed by atoms with Crippen molar-refractivity contribution in [1.82, 2.24) is 9.71 Å². The van der Waals surface area contributed by atoms with Gasteiger partial charge in [-0.1, -0.05) is 13.8 Å². The molecule has 0 unspecified atom stereocenters. The predicted molar refractivity (Wildman–Crippen MR) is 104 cm³/mol. The van der Waals surface area contributed by atoms with E-state index in [-0.39, 0.29) is 10.9 Å². The van der Waals surface area contributed by atoms with Gasteiger partial charge in [-0.15, -0.1) is 11.3 Å². The molecule has 1 aromatic carbocycles. The molecule has 142 valence electrons. The average Bonchev–Trinajstić information content (AvgIpc) is 3.15. The third kappa shape index (κ3) is 4.96. The number of hydrogen-bond donors (Lipinski definition) is 1. The van der Waals surface area contributed by atoms with Gasteiger partial charge in [-0.3, -0.25) is 0 Å². The minimum absolute atomic E-state index is 0.0481. The van der Waals surface area contributed by atoms with Crippen LogP contribution in [0.5, 0.6) is 5.75 Å². The van der Waals surface area contributed by atoms with E-state index in [1.54, 1.807) is 41.8 Å². The van der Waals surface area contributed by atoms with Crippen LogP contribution in [0.1, 0.15) is 26.7 Å². The Labute approximate surface area is 159 Å². The number of hydrogen-bond acceptors (Lipinski definition) is 6. The molecule has 0 aliphatic carbocycles. The summed E-state index contributed by atoms with van der Waals surface area (Å²) in [5, 5.41) is 2.96. The summed E-state index contributed by atoms with van der Waals surface area (Å²) in [5.41, 5.74) is 0. The van der Waals surface area contributed by atoms with Crippen molar-refractivity contribution in [3.63, 3.8) is 0 Å². The van der Waals surface area contributed by atoms with Crippen LogP contribution in [0, 0.1) is 5.92 Å². The molecule has 2 heterocycles. The lowest BCUT2D eigenvalue weighted by Gasteiger charge is -2.31. The largest absolute Gasteiger partial charge is 0.493 e. The Bertz CT molecular complexity index is 782. The molecule has 0 radical (unpaired) electrons. The van der Waals surface area contributed by atoms with Crippen molar-refractivity contribution < 1.29 is 13.2 Å². The number of sulfonamides is 1. The standard InChI is InChI=1S/C18H25N3O3S2/c1-14(2)13-24-16-3-5-17(6-4-16)26(22,23)20-15-7-10-21(11-8-15)18-19-9-12-25-18/h3-6,9,12,14-15,20H,7-8,10-11,13H2,1-2H3. The normalized spacial score (nSPS) is 16.2. The number of piperidine rings is 1. The first kappa shape index (κ1) is 19.1. The second kappa shape index (κ2) is 8.37. The highest BCUT2D eigenvalue weighted by atomic mass is 32.2. The number of rotatable bonds is 7. The summed E-state index contributed by atoms with van der Waals surface area (Å²) in [6.45, 7) is 6.37. The molecule has 0 saturated carbocycles. The molecule has 1 aromatic heterocycles. The molecule has 0 spiro atoms. The summed E-state index contributed by atoms with van der Waals surface area (Å²) >= 11 is 1.61. The Balaban J connectivity index is 1.55. The van der Waals surface area contributed by atoms with E-state index < -0.39 is 10.0 Å². The van der Waals surface area contributed by atoms with E-state index in [0.717, 1.165) is 31.1 Å². The number of nitrogens with one attached hydrogen (secondary N) is 1. The lowest BCUT2D eigenvalue weighted by molar-refractivity contribution is 0.271. The van der Waals surface area contributed by atoms with Gasteiger partial charge in [-0.05, 0) is 43.0 Å². The van der Waals surface area contributed by atoms with Gasteiger partial charge in [-0.25, -0.2) is 18.1 Å². The van der Waals surface area contributed by atoms with Crippen LogP contribution in [0.3, 0.4) is 0 Å². The number of anilines is 1.